The Morgan fingerprint density at radius 1 is 1.33 bits per heavy atom. The minimum atomic E-state index is 0.603. The summed E-state index contributed by atoms with van der Waals surface area (Å²) >= 11 is 0. The quantitative estimate of drug-likeness (QED) is 0.508. The maximum Gasteiger partial charge on any atom is 0.0628 e. The molecular formula is C7H13NO. The minimum absolute atomic E-state index is 0.603. The highest BCUT2D eigenvalue weighted by Gasteiger charge is 2.29. The number of hydrogen-bond acceptors (Lipinski definition) is 2. The Hall–Kier alpha value is -0.0800. The molecule has 0 saturated carbocycles. The predicted molar refractivity (Wildman–Crippen MR) is 35.3 cm³/mol. The summed E-state index contributed by atoms with van der Waals surface area (Å²) in [5.74, 6) is 0.832. The monoisotopic (exact) mass is 127 g/mol. The van der Waals surface area contributed by atoms with Crippen molar-refractivity contribution in [2.24, 2.45) is 5.92 Å². The van der Waals surface area contributed by atoms with Gasteiger partial charge in [0.1, 0.15) is 0 Å². The minimum Gasteiger partial charge on any atom is -0.378 e. The van der Waals surface area contributed by atoms with Crippen LogP contribution in [0.1, 0.15) is 12.8 Å². The summed E-state index contributed by atoms with van der Waals surface area (Å²) < 4.78 is 5.52. The van der Waals surface area contributed by atoms with E-state index in [1.807, 2.05) is 0 Å². The van der Waals surface area contributed by atoms with Gasteiger partial charge in [-0.25, -0.2) is 0 Å². The van der Waals surface area contributed by atoms with Crippen LogP contribution in [0.15, 0.2) is 0 Å². The Labute approximate surface area is 55.6 Å². The van der Waals surface area contributed by atoms with Crippen LogP contribution in [0.2, 0.25) is 0 Å². The molecule has 0 aromatic heterocycles. The average molecular weight is 127 g/mol. The van der Waals surface area contributed by atoms with Crippen LogP contribution in [0.5, 0.6) is 0 Å². The fourth-order valence-electron chi connectivity index (χ4n) is 1.78. The summed E-state index contributed by atoms with van der Waals surface area (Å²) in [4.78, 5) is 0. The Morgan fingerprint density at radius 3 is 3.22 bits per heavy atom. The van der Waals surface area contributed by atoms with E-state index in [1.54, 1.807) is 0 Å². The van der Waals surface area contributed by atoms with Gasteiger partial charge < -0.3 is 10.1 Å². The number of nitrogens with one attached hydrogen (secondary N) is 1. The molecule has 0 amide bonds. The van der Waals surface area contributed by atoms with E-state index in [9.17, 15) is 0 Å². The molecule has 2 atom stereocenters. The highest BCUT2D eigenvalue weighted by atomic mass is 16.5. The van der Waals surface area contributed by atoms with E-state index in [1.165, 1.54) is 19.4 Å². The molecule has 2 heteroatoms. The Bertz CT molecular complexity index is 93.1. The van der Waals surface area contributed by atoms with Gasteiger partial charge in [0, 0.05) is 13.2 Å². The number of piperidine rings is 1. The average Bonchev–Trinajstić information content (AvgIpc) is 2.33. The van der Waals surface area contributed by atoms with Crippen molar-refractivity contribution in [2.75, 3.05) is 19.7 Å². The van der Waals surface area contributed by atoms with Gasteiger partial charge in [-0.05, 0) is 25.3 Å². The molecule has 2 nitrogen and oxygen atoms in total. The second-order valence-electron chi connectivity index (χ2n) is 2.95. The maximum absolute atomic E-state index is 5.52. The molecule has 0 unspecified atom stereocenters. The number of hydrogen-bond donors (Lipinski definition) is 1. The largest absolute Gasteiger partial charge is 0.378 e. The smallest absolute Gasteiger partial charge is 0.0628 e. The molecule has 0 radical (unpaired) electrons. The van der Waals surface area contributed by atoms with Crippen LogP contribution < -0.4 is 5.32 Å². The lowest BCUT2D eigenvalue weighted by Gasteiger charge is -2.24. The summed E-state index contributed by atoms with van der Waals surface area (Å²) in [5, 5.41) is 3.38. The van der Waals surface area contributed by atoms with Crippen LogP contribution >= 0.6 is 0 Å². The number of fused-ring (bicyclic) bond motifs is 1. The first kappa shape index (κ1) is 5.69. The molecular weight excluding hydrogens is 114 g/mol. The number of rotatable bonds is 0. The van der Waals surface area contributed by atoms with E-state index in [0.717, 1.165) is 19.1 Å². The molecule has 9 heavy (non-hydrogen) atoms. The zero-order valence-electron chi connectivity index (χ0n) is 5.60. The third-order valence-electron chi connectivity index (χ3n) is 2.36. The van der Waals surface area contributed by atoms with E-state index in [2.05, 4.69) is 5.32 Å². The van der Waals surface area contributed by atoms with Crippen molar-refractivity contribution in [1.29, 1.82) is 0 Å². The van der Waals surface area contributed by atoms with Crippen molar-refractivity contribution in [3.8, 4) is 0 Å². The molecule has 2 saturated heterocycles. The summed E-state index contributed by atoms with van der Waals surface area (Å²) in [5.41, 5.74) is 0. The first-order chi connectivity index (χ1) is 4.47. The van der Waals surface area contributed by atoms with Gasteiger partial charge >= 0.3 is 0 Å². The Balaban J connectivity index is 1.97. The number of ether oxygens (including phenoxy) is 1. The normalized spacial score (nSPS) is 42.7. The van der Waals surface area contributed by atoms with E-state index in [0.29, 0.717) is 6.10 Å². The Morgan fingerprint density at radius 2 is 2.33 bits per heavy atom. The molecule has 52 valence electrons. The first-order valence-electron chi connectivity index (χ1n) is 3.79. The van der Waals surface area contributed by atoms with Crippen LogP contribution in [-0.4, -0.2) is 25.8 Å². The third-order valence-corrected chi connectivity index (χ3v) is 2.36. The van der Waals surface area contributed by atoms with E-state index in [-0.39, 0.29) is 0 Å². The van der Waals surface area contributed by atoms with Crippen LogP contribution in [0.3, 0.4) is 0 Å². The van der Waals surface area contributed by atoms with Crippen molar-refractivity contribution in [3.05, 3.63) is 0 Å². The predicted octanol–water partition coefficient (Wildman–Crippen LogP) is 0.385. The zero-order chi connectivity index (χ0) is 6.10. The van der Waals surface area contributed by atoms with Crippen molar-refractivity contribution < 1.29 is 4.74 Å². The molecule has 0 bridgehead atoms. The van der Waals surface area contributed by atoms with Crippen molar-refractivity contribution in [1.82, 2.24) is 5.32 Å². The van der Waals surface area contributed by atoms with E-state index in [4.69, 9.17) is 4.74 Å². The van der Waals surface area contributed by atoms with E-state index < -0.39 is 0 Å². The molecule has 0 spiro atoms. The summed E-state index contributed by atoms with van der Waals surface area (Å²) in [6.45, 7) is 3.34. The van der Waals surface area contributed by atoms with Gasteiger partial charge in [0.05, 0.1) is 6.10 Å². The molecule has 0 aromatic carbocycles. The van der Waals surface area contributed by atoms with Gasteiger partial charge in [-0.3, -0.25) is 0 Å². The van der Waals surface area contributed by atoms with Gasteiger partial charge in [-0.1, -0.05) is 0 Å². The molecule has 2 aliphatic rings. The highest BCUT2D eigenvalue weighted by Crippen LogP contribution is 2.24. The summed E-state index contributed by atoms with van der Waals surface area (Å²) in [6, 6.07) is 0. The standard InChI is InChI=1S/C7H13NO/c1-3-8-5-6-2-4-9-7(1)6/h6-8H,1-5H2/t6-,7+/m1/s1. The van der Waals surface area contributed by atoms with Crippen molar-refractivity contribution in [2.45, 2.75) is 18.9 Å². The molecule has 0 aromatic rings. The lowest BCUT2D eigenvalue weighted by atomic mass is 9.96. The van der Waals surface area contributed by atoms with Gasteiger partial charge in [0.25, 0.3) is 0 Å². The van der Waals surface area contributed by atoms with E-state index >= 15 is 0 Å². The maximum atomic E-state index is 5.52. The lowest BCUT2D eigenvalue weighted by Crippen LogP contribution is -2.37. The van der Waals surface area contributed by atoms with Crippen molar-refractivity contribution in [3.63, 3.8) is 0 Å². The SMILES string of the molecule is C1C[C@@H]2OCC[C@@H]2CN1. The van der Waals surface area contributed by atoms with Crippen LogP contribution in [-0.2, 0) is 4.74 Å². The van der Waals surface area contributed by atoms with Gasteiger partial charge in [-0.15, -0.1) is 0 Å². The van der Waals surface area contributed by atoms with Gasteiger partial charge in [0.15, 0.2) is 0 Å². The molecule has 2 heterocycles. The van der Waals surface area contributed by atoms with Crippen LogP contribution in [0.25, 0.3) is 0 Å². The third kappa shape index (κ3) is 0.970. The molecule has 1 N–H and O–H groups in total. The second kappa shape index (κ2) is 2.27. The lowest BCUT2D eigenvalue weighted by molar-refractivity contribution is 0.0719. The Kier molecular flexibility index (Phi) is 1.44. The molecule has 0 aliphatic carbocycles. The van der Waals surface area contributed by atoms with Crippen molar-refractivity contribution >= 4 is 0 Å². The van der Waals surface area contributed by atoms with Gasteiger partial charge in [-0.2, -0.15) is 0 Å². The van der Waals surface area contributed by atoms with Crippen LogP contribution in [0, 0.1) is 5.92 Å². The van der Waals surface area contributed by atoms with Gasteiger partial charge in [0.2, 0.25) is 0 Å². The van der Waals surface area contributed by atoms with Crippen LogP contribution in [0.4, 0.5) is 0 Å². The molecule has 2 aliphatic heterocycles. The fourth-order valence-corrected chi connectivity index (χ4v) is 1.78. The molecule has 2 fully saturated rings. The second-order valence-corrected chi connectivity index (χ2v) is 2.95. The topological polar surface area (TPSA) is 21.3 Å². The zero-order valence-corrected chi connectivity index (χ0v) is 5.60. The summed E-state index contributed by atoms with van der Waals surface area (Å²) in [6.07, 6.45) is 3.11. The first-order valence-corrected chi connectivity index (χ1v) is 3.79. The molecule has 2 rings (SSSR count). The fraction of sp³-hybridized carbons (Fsp3) is 1.00. The summed E-state index contributed by atoms with van der Waals surface area (Å²) in [7, 11) is 0. The highest BCUT2D eigenvalue weighted by molar-refractivity contribution is 4.82.